The van der Waals surface area contributed by atoms with Crippen LogP contribution in [0.1, 0.15) is 21.5 Å². The highest BCUT2D eigenvalue weighted by molar-refractivity contribution is 7.89. The second-order valence-electron chi connectivity index (χ2n) is 6.91. The van der Waals surface area contributed by atoms with Crippen LogP contribution in [-0.4, -0.2) is 32.8 Å². The number of carbonyl (C=O) groups is 1. The van der Waals surface area contributed by atoms with Gasteiger partial charge in [-0.3, -0.25) is 4.79 Å². The van der Waals surface area contributed by atoms with Gasteiger partial charge >= 0.3 is 0 Å². The van der Waals surface area contributed by atoms with Crippen molar-refractivity contribution in [2.24, 2.45) is 0 Å². The molecule has 0 bridgehead atoms. The van der Waals surface area contributed by atoms with Crippen molar-refractivity contribution < 1.29 is 17.9 Å². The van der Waals surface area contributed by atoms with Crippen molar-refractivity contribution in [3.63, 3.8) is 0 Å². The summed E-state index contributed by atoms with van der Waals surface area (Å²) in [4.78, 5) is 12.7. The number of methoxy groups -OCH3 is 1. The number of hydrogen-bond acceptors (Lipinski definition) is 4. The molecule has 0 saturated heterocycles. The highest BCUT2D eigenvalue weighted by atomic mass is 35.5. The fourth-order valence-electron chi connectivity index (χ4n) is 3.04. The molecule has 3 aromatic rings. The molecule has 0 saturated carbocycles. The van der Waals surface area contributed by atoms with Gasteiger partial charge in [0.2, 0.25) is 10.0 Å². The van der Waals surface area contributed by atoms with Gasteiger partial charge in [0.15, 0.2) is 0 Å². The Morgan fingerprint density at radius 1 is 1.03 bits per heavy atom. The minimum Gasteiger partial charge on any atom is -0.496 e. The van der Waals surface area contributed by atoms with Crippen molar-refractivity contribution in [1.29, 1.82) is 0 Å². The van der Waals surface area contributed by atoms with Crippen molar-refractivity contribution in [3.05, 3.63) is 94.5 Å². The van der Waals surface area contributed by atoms with Gasteiger partial charge < -0.3 is 10.1 Å². The van der Waals surface area contributed by atoms with Gasteiger partial charge in [-0.2, -0.15) is 4.31 Å². The first kappa shape index (κ1) is 22.8. The van der Waals surface area contributed by atoms with E-state index in [0.717, 1.165) is 5.56 Å². The third-order valence-corrected chi connectivity index (χ3v) is 6.82. The summed E-state index contributed by atoms with van der Waals surface area (Å²) in [6.07, 6.45) is 0. The van der Waals surface area contributed by atoms with Gasteiger partial charge in [-0.15, -0.1) is 0 Å². The lowest BCUT2D eigenvalue weighted by Crippen LogP contribution is -2.27. The van der Waals surface area contributed by atoms with Gasteiger partial charge in [-0.25, -0.2) is 8.42 Å². The average Bonchev–Trinajstić information content (AvgIpc) is 2.78. The Bertz CT molecular complexity index is 1150. The van der Waals surface area contributed by atoms with E-state index in [2.05, 4.69) is 5.32 Å². The lowest BCUT2D eigenvalue weighted by molar-refractivity contribution is 0.0950. The zero-order valence-corrected chi connectivity index (χ0v) is 18.8. The highest BCUT2D eigenvalue weighted by Gasteiger charge is 2.22. The summed E-state index contributed by atoms with van der Waals surface area (Å²) in [5.41, 5.74) is 1.98. The number of ether oxygens (including phenoxy) is 1. The molecule has 0 aliphatic heterocycles. The van der Waals surface area contributed by atoms with E-state index < -0.39 is 10.0 Å². The quantitative estimate of drug-likeness (QED) is 0.551. The molecule has 1 amide bonds. The van der Waals surface area contributed by atoms with Crippen LogP contribution in [0.4, 0.5) is 0 Å². The molecule has 1 N–H and O–H groups in total. The average molecular weight is 459 g/mol. The molecule has 0 aliphatic carbocycles. The standard InChI is InChI=1S/C23H23ClN2O4S/c1-26(31(28,29)21-11-9-20(24)10-12-21)16-19-14-18(8-13-22(19)30-2)23(27)25-15-17-6-4-3-5-7-17/h3-14H,15-16H2,1-2H3,(H,25,27). The zero-order chi connectivity index (χ0) is 22.4. The molecule has 0 fully saturated rings. The van der Waals surface area contributed by atoms with Crippen LogP contribution in [0.25, 0.3) is 0 Å². The predicted octanol–water partition coefficient (Wildman–Crippen LogP) is 4.10. The Morgan fingerprint density at radius 3 is 2.35 bits per heavy atom. The highest BCUT2D eigenvalue weighted by Crippen LogP contribution is 2.25. The number of amides is 1. The number of benzene rings is 3. The molecular weight excluding hydrogens is 436 g/mol. The molecule has 0 radical (unpaired) electrons. The van der Waals surface area contributed by atoms with Crippen molar-refractivity contribution in [1.82, 2.24) is 9.62 Å². The van der Waals surface area contributed by atoms with E-state index in [0.29, 0.717) is 28.4 Å². The van der Waals surface area contributed by atoms with Crippen molar-refractivity contribution in [2.45, 2.75) is 18.0 Å². The summed E-state index contributed by atoms with van der Waals surface area (Å²) in [6.45, 7) is 0.430. The van der Waals surface area contributed by atoms with Gasteiger partial charge in [0, 0.05) is 36.3 Å². The predicted molar refractivity (Wildman–Crippen MR) is 121 cm³/mol. The Labute approximate surface area is 187 Å². The summed E-state index contributed by atoms with van der Waals surface area (Å²) >= 11 is 5.86. The SMILES string of the molecule is COc1ccc(C(=O)NCc2ccccc2)cc1CN(C)S(=O)(=O)c1ccc(Cl)cc1. The maximum absolute atomic E-state index is 12.9. The second kappa shape index (κ2) is 9.96. The number of carbonyl (C=O) groups excluding carboxylic acids is 1. The van der Waals surface area contributed by atoms with E-state index in [4.69, 9.17) is 16.3 Å². The van der Waals surface area contributed by atoms with Crippen LogP contribution < -0.4 is 10.1 Å². The number of hydrogen-bond donors (Lipinski definition) is 1. The second-order valence-corrected chi connectivity index (χ2v) is 9.39. The molecule has 6 nitrogen and oxygen atoms in total. The fourth-order valence-corrected chi connectivity index (χ4v) is 4.31. The van der Waals surface area contributed by atoms with Gasteiger partial charge in [-0.05, 0) is 48.0 Å². The summed E-state index contributed by atoms with van der Waals surface area (Å²) < 4.78 is 32.4. The molecule has 162 valence electrons. The molecule has 0 aromatic heterocycles. The number of halogens is 1. The van der Waals surface area contributed by atoms with Crippen LogP contribution in [0.5, 0.6) is 5.75 Å². The van der Waals surface area contributed by atoms with Gasteiger partial charge in [0.1, 0.15) is 5.75 Å². The van der Waals surface area contributed by atoms with Crippen LogP contribution in [0.3, 0.4) is 0 Å². The summed E-state index contributed by atoms with van der Waals surface area (Å²) in [7, 11) is -0.760. The van der Waals surface area contributed by atoms with Gasteiger partial charge in [0.25, 0.3) is 5.91 Å². The van der Waals surface area contributed by atoms with Gasteiger partial charge in [0.05, 0.1) is 12.0 Å². The number of nitrogens with one attached hydrogen (secondary N) is 1. The molecule has 0 spiro atoms. The lowest BCUT2D eigenvalue weighted by atomic mass is 10.1. The van der Waals surface area contributed by atoms with Crippen molar-refractivity contribution in [3.8, 4) is 5.75 Å². The van der Waals surface area contributed by atoms with Crippen LogP contribution in [0.2, 0.25) is 5.02 Å². The topological polar surface area (TPSA) is 75.7 Å². The van der Waals surface area contributed by atoms with Crippen LogP contribution in [0.15, 0.2) is 77.7 Å². The summed E-state index contributed by atoms with van der Waals surface area (Å²) in [5.74, 6) is 0.244. The normalized spacial score (nSPS) is 11.4. The first-order valence-corrected chi connectivity index (χ1v) is 11.3. The Hall–Kier alpha value is -2.87. The van der Waals surface area contributed by atoms with Crippen LogP contribution in [0, 0.1) is 0 Å². The summed E-state index contributed by atoms with van der Waals surface area (Å²) in [6, 6.07) is 20.5. The summed E-state index contributed by atoms with van der Waals surface area (Å²) in [5, 5.41) is 3.33. The number of rotatable bonds is 8. The molecule has 0 unspecified atom stereocenters. The molecule has 3 aromatic carbocycles. The zero-order valence-electron chi connectivity index (χ0n) is 17.2. The van der Waals surface area contributed by atoms with Crippen molar-refractivity contribution >= 4 is 27.5 Å². The third-order valence-electron chi connectivity index (χ3n) is 4.75. The first-order valence-electron chi connectivity index (χ1n) is 9.52. The number of nitrogens with zero attached hydrogens (tertiary/aromatic N) is 1. The smallest absolute Gasteiger partial charge is 0.251 e. The van der Waals surface area contributed by atoms with Crippen molar-refractivity contribution in [2.75, 3.05) is 14.2 Å². The van der Waals surface area contributed by atoms with Gasteiger partial charge in [-0.1, -0.05) is 41.9 Å². The fraction of sp³-hybridized carbons (Fsp3) is 0.174. The maximum atomic E-state index is 12.9. The largest absolute Gasteiger partial charge is 0.496 e. The molecule has 3 rings (SSSR count). The van der Waals surface area contributed by atoms with E-state index >= 15 is 0 Å². The molecule has 0 heterocycles. The molecule has 0 atom stereocenters. The molecule has 8 heteroatoms. The molecule has 0 aliphatic rings. The third kappa shape index (κ3) is 5.64. The van der Waals surface area contributed by atoms with E-state index in [1.165, 1.54) is 42.7 Å². The first-order chi connectivity index (χ1) is 14.8. The van der Waals surface area contributed by atoms with E-state index in [1.807, 2.05) is 30.3 Å². The lowest BCUT2D eigenvalue weighted by Gasteiger charge is -2.19. The van der Waals surface area contributed by atoms with Crippen LogP contribution >= 0.6 is 11.6 Å². The minimum atomic E-state index is -3.74. The van der Waals surface area contributed by atoms with E-state index in [9.17, 15) is 13.2 Å². The van der Waals surface area contributed by atoms with E-state index in [1.54, 1.807) is 18.2 Å². The van der Waals surface area contributed by atoms with Crippen LogP contribution in [-0.2, 0) is 23.1 Å². The Balaban J connectivity index is 1.78. The molecular formula is C23H23ClN2O4S. The Kier molecular flexibility index (Phi) is 7.33. The Morgan fingerprint density at radius 2 is 1.71 bits per heavy atom. The number of sulfonamides is 1. The molecule has 31 heavy (non-hydrogen) atoms. The maximum Gasteiger partial charge on any atom is 0.251 e. The minimum absolute atomic E-state index is 0.0357. The monoisotopic (exact) mass is 458 g/mol. The van der Waals surface area contributed by atoms with E-state index in [-0.39, 0.29) is 17.3 Å².